The van der Waals surface area contributed by atoms with Crippen molar-refractivity contribution in [3.8, 4) is 5.75 Å². The van der Waals surface area contributed by atoms with E-state index in [9.17, 15) is 13.2 Å². The molecule has 2 aromatic rings. The summed E-state index contributed by atoms with van der Waals surface area (Å²) in [5.41, 5.74) is 1.51. The zero-order chi connectivity index (χ0) is 19.3. The van der Waals surface area contributed by atoms with Crippen molar-refractivity contribution in [1.29, 1.82) is 0 Å². The van der Waals surface area contributed by atoms with Crippen LogP contribution in [-0.4, -0.2) is 53.4 Å². The fraction of sp³-hybridized carbons (Fsp3) is 0.353. The molecule has 7 nitrogen and oxygen atoms in total. The summed E-state index contributed by atoms with van der Waals surface area (Å²) in [6, 6.07) is 6.44. The number of carbonyl (C=O) groups is 1. The number of thiophene rings is 1. The fourth-order valence-electron chi connectivity index (χ4n) is 2.43. The van der Waals surface area contributed by atoms with E-state index < -0.39 is 10.0 Å². The van der Waals surface area contributed by atoms with Crippen LogP contribution in [0.1, 0.15) is 5.56 Å². The largest absolute Gasteiger partial charge is 0.495 e. The number of benzene rings is 1. The summed E-state index contributed by atoms with van der Waals surface area (Å²) in [6.07, 6.45) is 0. The first-order valence-corrected chi connectivity index (χ1v) is 10.3. The van der Waals surface area contributed by atoms with Crippen LogP contribution in [0, 0.1) is 0 Å². The average molecular weight is 399 g/mol. The van der Waals surface area contributed by atoms with Gasteiger partial charge in [0.15, 0.2) is 6.54 Å². The Labute approximate surface area is 158 Å². The number of rotatable bonds is 8. The third-order valence-corrected chi connectivity index (χ3v) is 6.32. The molecular weight excluding hydrogens is 374 g/mol. The fourth-order valence-corrected chi connectivity index (χ4v) is 4.03. The Hall–Kier alpha value is -1.94. The zero-order valence-corrected chi connectivity index (χ0v) is 16.9. The summed E-state index contributed by atoms with van der Waals surface area (Å²) in [5.74, 6) is 0.196. The van der Waals surface area contributed by atoms with Crippen LogP contribution in [0.5, 0.6) is 5.75 Å². The van der Waals surface area contributed by atoms with E-state index in [1.54, 1.807) is 11.3 Å². The van der Waals surface area contributed by atoms with Gasteiger partial charge in [0.25, 0.3) is 5.91 Å². The molecule has 142 valence electrons. The Bertz CT molecular complexity index is 849. The highest BCUT2D eigenvalue weighted by Crippen LogP contribution is 2.28. The number of hydrogen-bond acceptors (Lipinski definition) is 5. The molecule has 9 heteroatoms. The third-order valence-electron chi connectivity index (χ3n) is 3.77. The first-order chi connectivity index (χ1) is 12.2. The van der Waals surface area contributed by atoms with E-state index in [4.69, 9.17) is 4.74 Å². The molecule has 0 aliphatic carbocycles. The molecule has 26 heavy (non-hydrogen) atoms. The molecule has 0 fully saturated rings. The van der Waals surface area contributed by atoms with Gasteiger partial charge >= 0.3 is 0 Å². The van der Waals surface area contributed by atoms with Crippen LogP contribution < -0.4 is 15.0 Å². The van der Waals surface area contributed by atoms with E-state index >= 15 is 0 Å². The van der Waals surface area contributed by atoms with Gasteiger partial charge in [0.1, 0.15) is 12.3 Å². The van der Waals surface area contributed by atoms with Crippen molar-refractivity contribution < 1.29 is 22.8 Å². The van der Waals surface area contributed by atoms with Crippen LogP contribution in [0.25, 0.3) is 0 Å². The van der Waals surface area contributed by atoms with Crippen LogP contribution in [0.2, 0.25) is 0 Å². The van der Waals surface area contributed by atoms with Gasteiger partial charge in [-0.05, 0) is 35.0 Å². The van der Waals surface area contributed by atoms with E-state index in [2.05, 4.69) is 10.7 Å². The first kappa shape index (κ1) is 20.4. The van der Waals surface area contributed by atoms with Crippen LogP contribution in [0.4, 0.5) is 5.69 Å². The summed E-state index contributed by atoms with van der Waals surface area (Å²) >= 11 is 1.62. The van der Waals surface area contributed by atoms with Gasteiger partial charge in [-0.2, -0.15) is 11.3 Å². The van der Waals surface area contributed by atoms with Crippen molar-refractivity contribution in [2.24, 2.45) is 0 Å². The maximum absolute atomic E-state index is 12.4. The summed E-state index contributed by atoms with van der Waals surface area (Å²) in [4.78, 5) is 13.5. The number of methoxy groups -OCH3 is 1. The Morgan fingerprint density at radius 3 is 2.62 bits per heavy atom. The van der Waals surface area contributed by atoms with Crippen LogP contribution in [0.3, 0.4) is 0 Å². The van der Waals surface area contributed by atoms with E-state index in [1.807, 2.05) is 18.5 Å². The smallest absolute Gasteiger partial charge is 0.279 e. The monoisotopic (exact) mass is 398 g/mol. The highest BCUT2D eigenvalue weighted by molar-refractivity contribution is 7.89. The molecule has 0 aliphatic rings. The first-order valence-electron chi connectivity index (χ1n) is 7.97. The number of carbonyl (C=O) groups excluding carboxylic acids is 1. The second-order valence-corrected chi connectivity index (χ2v) is 9.07. The number of nitrogens with zero attached hydrogens (tertiary/aromatic N) is 1. The van der Waals surface area contributed by atoms with E-state index in [0.29, 0.717) is 11.4 Å². The van der Waals surface area contributed by atoms with Crippen LogP contribution >= 0.6 is 11.3 Å². The Morgan fingerprint density at radius 2 is 2.04 bits per heavy atom. The minimum absolute atomic E-state index is 0.0950. The Kier molecular flexibility index (Phi) is 6.76. The number of anilines is 1. The van der Waals surface area contributed by atoms with Gasteiger partial charge in [-0.1, -0.05) is 0 Å². The quantitative estimate of drug-likeness (QED) is 0.685. The molecule has 0 saturated carbocycles. The lowest BCUT2D eigenvalue weighted by Gasteiger charge is -2.16. The molecule has 1 aromatic carbocycles. The SMILES string of the molecule is COc1ccc(S(=O)(=O)N(C)C)cc1NC(=O)C[NH+](C)Cc1ccsc1. The van der Waals surface area contributed by atoms with Crippen molar-refractivity contribution >= 4 is 33.0 Å². The molecule has 1 atom stereocenters. The predicted octanol–water partition coefficient (Wildman–Crippen LogP) is 0.660. The molecule has 1 aromatic heterocycles. The van der Waals surface area contributed by atoms with Crippen molar-refractivity contribution in [3.05, 3.63) is 40.6 Å². The van der Waals surface area contributed by atoms with E-state index in [-0.39, 0.29) is 17.3 Å². The molecule has 0 bridgehead atoms. The van der Waals surface area contributed by atoms with Gasteiger partial charge in [-0.3, -0.25) is 4.79 Å². The minimum Gasteiger partial charge on any atom is -0.495 e. The second kappa shape index (κ2) is 8.63. The van der Waals surface area contributed by atoms with Gasteiger partial charge in [-0.15, -0.1) is 0 Å². The molecule has 1 unspecified atom stereocenters. The molecule has 2 N–H and O–H groups in total. The lowest BCUT2D eigenvalue weighted by Crippen LogP contribution is -3.08. The standard InChI is InChI=1S/C17H23N3O4S2/c1-19(2)26(22,23)14-5-6-16(24-4)15(9-14)18-17(21)11-20(3)10-13-7-8-25-12-13/h5-9,12H,10-11H2,1-4H3,(H,18,21)/p+1. The molecule has 0 radical (unpaired) electrons. The molecular formula is C17H24N3O4S2+. The second-order valence-electron chi connectivity index (χ2n) is 6.14. The lowest BCUT2D eigenvalue weighted by molar-refractivity contribution is -0.885. The van der Waals surface area contributed by atoms with Crippen LogP contribution in [-0.2, 0) is 21.4 Å². The molecule has 0 saturated heterocycles. The molecule has 0 spiro atoms. The number of nitrogens with one attached hydrogen (secondary N) is 2. The molecule has 0 aliphatic heterocycles. The number of amides is 1. The summed E-state index contributed by atoms with van der Waals surface area (Å²) in [7, 11) is 2.73. The third kappa shape index (κ3) is 5.04. The van der Waals surface area contributed by atoms with Crippen molar-refractivity contribution in [2.75, 3.05) is 40.1 Å². The average Bonchev–Trinajstić information content (AvgIpc) is 3.07. The number of likely N-dealkylation sites (N-methyl/N-ethyl adjacent to an activating group) is 1. The number of hydrogen-bond donors (Lipinski definition) is 2. The zero-order valence-electron chi connectivity index (χ0n) is 15.3. The van der Waals surface area contributed by atoms with Crippen molar-refractivity contribution in [2.45, 2.75) is 11.4 Å². The predicted molar refractivity (Wildman–Crippen MR) is 102 cm³/mol. The van der Waals surface area contributed by atoms with Gasteiger partial charge < -0.3 is 15.0 Å². The van der Waals surface area contributed by atoms with E-state index in [0.717, 1.165) is 15.7 Å². The number of sulfonamides is 1. The number of ether oxygens (including phenoxy) is 1. The van der Waals surface area contributed by atoms with Gasteiger partial charge in [0.2, 0.25) is 10.0 Å². The maximum atomic E-state index is 12.4. The topological polar surface area (TPSA) is 80.2 Å². The lowest BCUT2D eigenvalue weighted by atomic mass is 10.3. The number of quaternary nitrogens is 1. The van der Waals surface area contributed by atoms with Gasteiger partial charge in [0, 0.05) is 19.7 Å². The Balaban J connectivity index is 2.12. The molecule has 1 heterocycles. The van der Waals surface area contributed by atoms with Gasteiger partial charge in [-0.25, -0.2) is 12.7 Å². The molecule has 2 rings (SSSR count). The summed E-state index contributed by atoms with van der Waals surface area (Å²) in [5, 5.41) is 6.82. The Morgan fingerprint density at radius 1 is 1.31 bits per heavy atom. The van der Waals surface area contributed by atoms with Crippen molar-refractivity contribution in [1.82, 2.24) is 4.31 Å². The van der Waals surface area contributed by atoms with E-state index in [1.165, 1.54) is 45.0 Å². The van der Waals surface area contributed by atoms with Crippen molar-refractivity contribution in [3.63, 3.8) is 0 Å². The minimum atomic E-state index is -3.60. The summed E-state index contributed by atoms with van der Waals surface area (Å²) < 4.78 is 30.9. The normalized spacial score (nSPS) is 12.8. The molecule has 1 amide bonds. The highest BCUT2D eigenvalue weighted by Gasteiger charge is 2.20. The van der Waals surface area contributed by atoms with Gasteiger partial charge in [0.05, 0.1) is 24.7 Å². The highest BCUT2D eigenvalue weighted by atomic mass is 32.2. The maximum Gasteiger partial charge on any atom is 0.279 e. The van der Waals surface area contributed by atoms with Crippen LogP contribution in [0.15, 0.2) is 39.9 Å². The summed E-state index contributed by atoms with van der Waals surface area (Å²) in [6.45, 7) is 0.993.